The smallest absolute Gasteiger partial charge is 0.261 e. The van der Waals surface area contributed by atoms with E-state index >= 15 is 0 Å². The Balaban J connectivity index is 1.89. The topological polar surface area (TPSA) is 72.5 Å². The fourth-order valence-electron chi connectivity index (χ4n) is 2.02. The summed E-state index contributed by atoms with van der Waals surface area (Å²) in [6.45, 7) is 0.960. The number of carbonyl (C=O) groups excluding carboxylic acids is 1. The molecule has 110 valence electrons. The molecule has 1 amide bonds. The zero-order valence-electron chi connectivity index (χ0n) is 10.8. The van der Waals surface area contributed by atoms with E-state index in [1.165, 1.54) is 12.1 Å². The van der Waals surface area contributed by atoms with Crippen LogP contribution in [0.4, 0.5) is 0 Å². The summed E-state index contributed by atoms with van der Waals surface area (Å²) in [5.41, 5.74) is 0.804. The summed E-state index contributed by atoms with van der Waals surface area (Å²) < 4.78 is 27.6. The number of hydrogen-bond donors (Lipinski definition) is 1. The van der Waals surface area contributed by atoms with Crippen LogP contribution in [0.2, 0.25) is 0 Å². The Morgan fingerprint density at radius 1 is 1.30 bits per heavy atom. The van der Waals surface area contributed by atoms with Crippen molar-refractivity contribution < 1.29 is 17.9 Å². The average Bonchev–Trinajstić information content (AvgIpc) is 2.45. The molecule has 20 heavy (non-hydrogen) atoms. The quantitative estimate of drug-likeness (QED) is 0.859. The van der Waals surface area contributed by atoms with E-state index in [4.69, 9.17) is 15.4 Å². The van der Waals surface area contributed by atoms with Gasteiger partial charge in [-0.15, -0.1) is 0 Å². The highest BCUT2D eigenvalue weighted by molar-refractivity contribution is 8.13. The van der Waals surface area contributed by atoms with E-state index < -0.39 is 9.05 Å². The monoisotopic (exact) mass is 317 g/mol. The third-order valence-corrected chi connectivity index (χ3v) is 4.51. The van der Waals surface area contributed by atoms with Crippen LogP contribution in [0.3, 0.4) is 0 Å². The van der Waals surface area contributed by atoms with E-state index in [-0.39, 0.29) is 16.9 Å². The van der Waals surface area contributed by atoms with E-state index in [0.29, 0.717) is 13.2 Å². The molecule has 5 nitrogen and oxygen atoms in total. The van der Waals surface area contributed by atoms with Crippen LogP contribution in [0, 0.1) is 0 Å². The normalized spacial score (nSPS) is 19.6. The average molecular weight is 318 g/mol. The summed E-state index contributed by atoms with van der Waals surface area (Å²) in [6, 6.07) is 6.08. The van der Waals surface area contributed by atoms with Crippen LogP contribution in [0.25, 0.3) is 0 Å². The number of rotatable bonds is 4. The molecule has 1 aromatic carbocycles. The van der Waals surface area contributed by atoms with Crippen molar-refractivity contribution in [3.63, 3.8) is 0 Å². The van der Waals surface area contributed by atoms with Crippen molar-refractivity contribution >= 4 is 25.6 Å². The minimum atomic E-state index is -3.70. The molecule has 0 radical (unpaired) electrons. The van der Waals surface area contributed by atoms with Gasteiger partial charge in [-0.05, 0) is 37.0 Å². The molecule has 7 heteroatoms. The van der Waals surface area contributed by atoms with E-state index in [9.17, 15) is 13.2 Å². The Hall–Kier alpha value is -1.11. The van der Waals surface area contributed by atoms with Crippen LogP contribution in [0.1, 0.15) is 24.8 Å². The minimum Gasteiger partial charge on any atom is -0.368 e. The lowest BCUT2D eigenvalue weighted by molar-refractivity contribution is -0.135. The number of nitrogens with one attached hydrogen (secondary N) is 1. The van der Waals surface area contributed by atoms with Crippen molar-refractivity contribution in [2.24, 2.45) is 0 Å². The van der Waals surface area contributed by atoms with E-state index in [1.807, 2.05) is 0 Å². The molecule has 0 aromatic heterocycles. The van der Waals surface area contributed by atoms with Gasteiger partial charge in [-0.2, -0.15) is 0 Å². The predicted octanol–water partition coefficient (Wildman–Crippen LogP) is 1.80. The second kappa shape index (κ2) is 6.56. The van der Waals surface area contributed by atoms with E-state index in [1.54, 1.807) is 12.1 Å². The maximum Gasteiger partial charge on any atom is 0.261 e. The van der Waals surface area contributed by atoms with Crippen molar-refractivity contribution in [3.8, 4) is 0 Å². The first-order valence-corrected chi connectivity index (χ1v) is 8.71. The Labute approximate surface area is 122 Å². The molecule has 1 N–H and O–H groups in total. The zero-order chi connectivity index (χ0) is 14.6. The molecule has 1 aliphatic rings. The number of amides is 1. The molecule has 0 aliphatic carbocycles. The molecule has 1 saturated heterocycles. The first-order valence-electron chi connectivity index (χ1n) is 6.40. The lowest BCUT2D eigenvalue weighted by Gasteiger charge is -2.21. The second-order valence-corrected chi connectivity index (χ2v) is 7.22. The highest BCUT2D eigenvalue weighted by Gasteiger charge is 2.21. The molecular weight excluding hydrogens is 302 g/mol. The van der Waals surface area contributed by atoms with Gasteiger partial charge < -0.3 is 10.1 Å². The van der Waals surface area contributed by atoms with Gasteiger partial charge in [-0.1, -0.05) is 12.1 Å². The molecule has 1 fully saturated rings. The fourth-order valence-corrected chi connectivity index (χ4v) is 2.79. The number of carbonyl (C=O) groups is 1. The largest absolute Gasteiger partial charge is 0.368 e. The van der Waals surface area contributed by atoms with Crippen LogP contribution in [-0.2, 0) is 25.1 Å². The minimum absolute atomic E-state index is 0.0462. The molecule has 1 aromatic rings. The van der Waals surface area contributed by atoms with Gasteiger partial charge in [0.05, 0.1) is 4.90 Å². The third kappa shape index (κ3) is 4.19. The molecule has 0 bridgehead atoms. The lowest BCUT2D eigenvalue weighted by Crippen LogP contribution is -2.37. The van der Waals surface area contributed by atoms with Gasteiger partial charge in [0, 0.05) is 23.8 Å². The van der Waals surface area contributed by atoms with Gasteiger partial charge in [0.15, 0.2) is 0 Å². The molecule has 1 unspecified atom stereocenters. The highest BCUT2D eigenvalue weighted by atomic mass is 35.7. The molecule has 1 aliphatic heterocycles. The Bertz CT molecular complexity index is 565. The fraction of sp³-hybridized carbons (Fsp3) is 0.462. The summed E-state index contributed by atoms with van der Waals surface area (Å²) in [7, 11) is 1.52. The van der Waals surface area contributed by atoms with Crippen molar-refractivity contribution in [2.45, 2.75) is 36.8 Å². The summed E-state index contributed by atoms with van der Waals surface area (Å²) in [5.74, 6) is -0.126. The third-order valence-electron chi connectivity index (χ3n) is 3.14. The van der Waals surface area contributed by atoms with Crippen LogP contribution >= 0.6 is 10.7 Å². The standard InChI is InChI=1S/C13H16ClNO4S/c14-20(17,18)11-6-4-10(5-7-11)9-15-13(16)12-3-1-2-8-19-12/h4-7,12H,1-3,8-9H2,(H,15,16). The number of benzene rings is 1. The van der Waals surface area contributed by atoms with Gasteiger partial charge in [0.2, 0.25) is 5.91 Å². The Morgan fingerprint density at radius 3 is 2.55 bits per heavy atom. The maximum atomic E-state index is 11.8. The van der Waals surface area contributed by atoms with Gasteiger partial charge in [0.25, 0.3) is 9.05 Å². The molecule has 0 saturated carbocycles. The lowest BCUT2D eigenvalue weighted by atomic mass is 10.1. The summed E-state index contributed by atoms with van der Waals surface area (Å²) in [6.07, 6.45) is 2.37. The van der Waals surface area contributed by atoms with Crippen LogP contribution in [0.5, 0.6) is 0 Å². The predicted molar refractivity (Wildman–Crippen MR) is 74.9 cm³/mol. The Kier molecular flexibility index (Phi) is 5.01. The van der Waals surface area contributed by atoms with E-state index in [2.05, 4.69) is 5.32 Å². The molecule has 0 spiro atoms. The van der Waals surface area contributed by atoms with Crippen molar-refractivity contribution in [3.05, 3.63) is 29.8 Å². The van der Waals surface area contributed by atoms with Crippen LogP contribution < -0.4 is 5.32 Å². The first kappa shape index (κ1) is 15.3. The molecule has 1 atom stereocenters. The van der Waals surface area contributed by atoms with Gasteiger partial charge in [0.1, 0.15) is 6.10 Å². The van der Waals surface area contributed by atoms with Crippen molar-refractivity contribution in [1.29, 1.82) is 0 Å². The van der Waals surface area contributed by atoms with Crippen LogP contribution in [0.15, 0.2) is 29.2 Å². The zero-order valence-corrected chi connectivity index (χ0v) is 12.4. The highest BCUT2D eigenvalue weighted by Crippen LogP contribution is 2.16. The van der Waals surface area contributed by atoms with Gasteiger partial charge >= 0.3 is 0 Å². The van der Waals surface area contributed by atoms with Crippen molar-refractivity contribution in [1.82, 2.24) is 5.32 Å². The number of halogens is 1. The SMILES string of the molecule is O=C(NCc1ccc(S(=O)(=O)Cl)cc1)C1CCCCO1. The number of ether oxygens (including phenoxy) is 1. The first-order chi connectivity index (χ1) is 9.47. The number of hydrogen-bond acceptors (Lipinski definition) is 4. The Morgan fingerprint density at radius 2 is 2.00 bits per heavy atom. The van der Waals surface area contributed by atoms with Crippen molar-refractivity contribution in [2.75, 3.05) is 6.61 Å². The van der Waals surface area contributed by atoms with Crippen LogP contribution in [-0.4, -0.2) is 27.0 Å². The second-order valence-electron chi connectivity index (χ2n) is 4.65. The molecular formula is C13H16ClNO4S. The van der Waals surface area contributed by atoms with Gasteiger partial charge in [-0.25, -0.2) is 8.42 Å². The summed E-state index contributed by atoms with van der Waals surface area (Å²) in [4.78, 5) is 11.9. The van der Waals surface area contributed by atoms with E-state index in [0.717, 1.165) is 24.8 Å². The summed E-state index contributed by atoms with van der Waals surface area (Å²) >= 11 is 0. The summed E-state index contributed by atoms with van der Waals surface area (Å²) in [5, 5.41) is 2.78. The molecule has 2 rings (SSSR count). The maximum absolute atomic E-state index is 11.8. The van der Waals surface area contributed by atoms with Gasteiger partial charge in [-0.3, -0.25) is 4.79 Å². The molecule has 1 heterocycles.